The Morgan fingerprint density at radius 3 is 2.56 bits per heavy atom. The number of anilines is 2. The molecule has 1 aliphatic rings. The predicted molar refractivity (Wildman–Crippen MR) is 68.9 cm³/mol. The third-order valence-corrected chi connectivity index (χ3v) is 3.20. The Balaban J connectivity index is 2.32. The molecule has 0 aliphatic heterocycles. The van der Waals surface area contributed by atoms with E-state index in [9.17, 15) is 8.78 Å². The molecule has 1 fully saturated rings. The molecule has 18 heavy (non-hydrogen) atoms. The number of aromatic nitrogens is 1. The molecule has 0 radical (unpaired) electrons. The molecule has 0 spiro atoms. The first-order chi connectivity index (χ1) is 8.52. The van der Waals surface area contributed by atoms with Crippen molar-refractivity contribution in [3.05, 3.63) is 17.7 Å². The van der Waals surface area contributed by atoms with E-state index in [2.05, 4.69) is 10.3 Å². The van der Waals surface area contributed by atoms with E-state index in [0.29, 0.717) is 5.92 Å². The van der Waals surface area contributed by atoms with Crippen LogP contribution in [0.3, 0.4) is 0 Å². The van der Waals surface area contributed by atoms with Gasteiger partial charge in [-0.25, -0.2) is 13.8 Å². The van der Waals surface area contributed by atoms with Gasteiger partial charge in [-0.2, -0.15) is 0 Å². The number of nitrogens with one attached hydrogen (secondary N) is 1. The van der Waals surface area contributed by atoms with Crippen molar-refractivity contribution in [1.29, 1.82) is 0 Å². The van der Waals surface area contributed by atoms with Crippen molar-refractivity contribution < 1.29 is 8.78 Å². The van der Waals surface area contributed by atoms with E-state index in [1.54, 1.807) is 7.05 Å². The van der Waals surface area contributed by atoms with Crippen molar-refractivity contribution in [2.75, 3.05) is 23.8 Å². The average molecular weight is 255 g/mol. The van der Waals surface area contributed by atoms with Crippen LogP contribution in [0.4, 0.5) is 20.4 Å². The Labute approximate surface area is 106 Å². The first kappa shape index (κ1) is 13.1. The molecule has 100 valence electrons. The van der Waals surface area contributed by atoms with Crippen molar-refractivity contribution in [2.24, 2.45) is 5.92 Å². The maximum atomic E-state index is 13.9. The molecule has 0 aromatic carbocycles. The molecule has 0 atom stereocenters. The van der Waals surface area contributed by atoms with E-state index in [1.807, 2.05) is 18.7 Å². The largest absolute Gasteiger partial charge is 0.371 e. The maximum Gasteiger partial charge on any atom is 0.168 e. The minimum atomic E-state index is -0.658. The molecule has 0 amide bonds. The molecule has 0 saturated heterocycles. The van der Waals surface area contributed by atoms with Crippen LogP contribution in [0.2, 0.25) is 0 Å². The third-order valence-electron chi connectivity index (χ3n) is 3.20. The van der Waals surface area contributed by atoms with Gasteiger partial charge < -0.3 is 10.2 Å². The van der Waals surface area contributed by atoms with Gasteiger partial charge >= 0.3 is 0 Å². The number of nitrogens with zero attached hydrogens (tertiary/aromatic N) is 2. The molecule has 0 bridgehead atoms. The van der Waals surface area contributed by atoms with Gasteiger partial charge in [-0.15, -0.1) is 0 Å². The lowest BCUT2D eigenvalue weighted by Crippen LogP contribution is -2.34. The van der Waals surface area contributed by atoms with Crippen molar-refractivity contribution >= 4 is 11.6 Å². The van der Waals surface area contributed by atoms with Gasteiger partial charge in [-0.1, -0.05) is 0 Å². The second kappa shape index (κ2) is 5.08. The lowest BCUT2D eigenvalue weighted by atomic mass is 10.2. The molecular weight excluding hydrogens is 236 g/mol. The predicted octanol–water partition coefficient (Wildman–Crippen LogP) is 3.03. The highest BCUT2D eigenvalue weighted by Gasteiger charge is 2.28. The summed E-state index contributed by atoms with van der Waals surface area (Å²) in [6.45, 7) is 4.77. The van der Waals surface area contributed by atoms with Crippen LogP contribution >= 0.6 is 0 Å². The summed E-state index contributed by atoms with van der Waals surface area (Å²) in [5.74, 6) is -0.304. The van der Waals surface area contributed by atoms with Crippen LogP contribution < -0.4 is 10.2 Å². The summed E-state index contributed by atoms with van der Waals surface area (Å²) in [4.78, 5) is 5.97. The van der Waals surface area contributed by atoms with Gasteiger partial charge in [-0.05, 0) is 32.6 Å². The van der Waals surface area contributed by atoms with Crippen molar-refractivity contribution in [1.82, 2.24) is 4.98 Å². The molecule has 1 saturated carbocycles. The number of pyridine rings is 1. The van der Waals surface area contributed by atoms with Crippen LogP contribution in [0, 0.1) is 17.6 Å². The van der Waals surface area contributed by atoms with Gasteiger partial charge in [0.2, 0.25) is 0 Å². The topological polar surface area (TPSA) is 28.2 Å². The Bertz CT molecular complexity index is 430. The Kier molecular flexibility index (Phi) is 3.68. The zero-order valence-electron chi connectivity index (χ0n) is 11.0. The Hall–Kier alpha value is -1.39. The highest BCUT2D eigenvalue weighted by Crippen LogP contribution is 2.33. The zero-order chi connectivity index (χ0) is 13.3. The molecule has 1 N–H and O–H groups in total. The summed E-state index contributed by atoms with van der Waals surface area (Å²) in [7, 11) is 1.58. The fourth-order valence-corrected chi connectivity index (χ4v) is 1.95. The van der Waals surface area contributed by atoms with Crippen molar-refractivity contribution in [2.45, 2.75) is 32.7 Å². The quantitative estimate of drug-likeness (QED) is 0.876. The van der Waals surface area contributed by atoms with Gasteiger partial charge in [0.1, 0.15) is 0 Å². The minimum Gasteiger partial charge on any atom is -0.371 e. The lowest BCUT2D eigenvalue weighted by Gasteiger charge is -2.28. The highest BCUT2D eigenvalue weighted by atomic mass is 19.1. The smallest absolute Gasteiger partial charge is 0.168 e. The number of rotatable bonds is 5. The Morgan fingerprint density at radius 1 is 1.39 bits per heavy atom. The van der Waals surface area contributed by atoms with Gasteiger partial charge in [0.05, 0.1) is 0 Å². The van der Waals surface area contributed by atoms with Crippen LogP contribution in [0.1, 0.15) is 26.7 Å². The summed E-state index contributed by atoms with van der Waals surface area (Å²) in [5, 5.41) is 2.65. The first-order valence-electron chi connectivity index (χ1n) is 6.33. The normalized spacial score (nSPS) is 15.0. The molecule has 1 aromatic heterocycles. The zero-order valence-corrected chi connectivity index (χ0v) is 11.0. The van der Waals surface area contributed by atoms with Gasteiger partial charge in [0.25, 0.3) is 0 Å². The van der Waals surface area contributed by atoms with E-state index in [-0.39, 0.29) is 17.7 Å². The molecule has 1 aromatic rings. The summed E-state index contributed by atoms with van der Waals surface area (Å²) in [5.41, 5.74) is 0. The summed E-state index contributed by atoms with van der Waals surface area (Å²) in [6, 6.07) is 1.04. The van der Waals surface area contributed by atoms with Gasteiger partial charge in [-0.3, -0.25) is 0 Å². The second-order valence-corrected chi connectivity index (χ2v) is 5.06. The fraction of sp³-hybridized carbons (Fsp3) is 0.615. The Morgan fingerprint density at radius 2 is 2.06 bits per heavy atom. The van der Waals surface area contributed by atoms with Crippen molar-refractivity contribution in [3.63, 3.8) is 0 Å². The van der Waals surface area contributed by atoms with E-state index >= 15 is 0 Å². The summed E-state index contributed by atoms with van der Waals surface area (Å²) in [6.07, 6.45) is 2.37. The molecule has 3 nitrogen and oxygen atoms in total. The second-order valence-electron chi connectivity index (χ2n) is 5.06. The number of hydrogen-bond acceptors (Lipinski definition) is 3. The summed E-state index contributed by atoms with van der Waals surface area (Å²) >= 11 is 0. The molecule has 1 aliphatic carbocycles. The fourth-order valence-electron chi connectivity index (χ4n) is 1.95. The van der Waals surface area contributed by atoms with Crippen molar-refractivity contribution in [3.8, 4) is 0 Å². The molecular formula is C13H19F2N3. The molecule has 1 heterocycles. The van der Waals surface area contributed by atoms with E-state index in [4.69, 9.17) is 0 Å². The van der Waals surface area contributed by atoms with Crippen LogP contribution in [-0.2, 0) is 0 Å². The monoisotopic (exact) mass is 255 g/mol. The molecule has 0 unspecified atom stereocenters. The van der Waals surface area contributed by atoms with E-state index in [1.165, 1.54) is 12.8 Å². The SMILES string of the molecule is CNc1nc(N(CC2CC2)C(C)C)c(F)cc1F. The van der Waals surface area contributed by atoms with Crippen LogP contribution in [0.25, 0.3) is 0 Å². The average Bonchev–Trinajstić information content (AvgIpc) is 3.10. The van der Waals surface area contributed by atoms with Crippen LogP contribution in [-0.4, -0.2) is 24.6 Å². The lowest BCUT2D eigenvalue weighted by molar-refractivity contribution is 0.554. The molecule has 2 rings (SSSR count). The third kappa shape index (κ3) is 2.71. The maximum absolute atomic E-state index is 13.9. The first-order valence-corrected chi connectivity index (χ1v) is 6.33. The van der Waals surface area contributed by atoms with Crippen LogP contribution in [0.15, 0.2) is 6.07 Å². The van der Waals surface area contributed by atoms with Crippen LogP contribution in [0.5, 0.6) is 0 Å². The number of hydrogen-bond donors (Lipinski definition) is 1. The van der Waals surface area contributed by atoms with Gasteiger partial charge in [0.15, 0.2) is 23.3 Å². The highest BCUT2D eigenvalue weighted by molar-refractivity contribution is 5.49. The van der Waals surface area contributed by atoms with E-state index < -0.39 is 11.6 Å². The standard InChI is InChI=1S/C13H19F2N3/c1-8(2)18(7-9-4-5-9)13-11(15)6-10(14)12(16-3)17-13/h6,8-9H,4-5,7H2,1-3H3,(H,16,17). The minimum absolute atomic E-state index is 0.0906. The summed E-state index contributed by atoms with van der Waals surface area (Å²) < 4.78 is 27.3. The van der Waals surface area contributed by atoms with E-state index in [0.717, 1.165) is 12.6 Å². The molecule has 5 heteroatoms. The number of halogens is 2. The van der Waals surface area contributed by atoms with Gasteiger partial charge in [0, 0.05) is 25.7 Å².